The van der Waals surface area contributed by atoms with Gasteiger partial charge in [-0.25, -0.2) is 0 Å². The maximum atomic E-state index is 12.0. The number of rotatable bonds is 4. The summed E-state index contributed by atoms with van der Waals surface area (Å²) in [5.41, 5.74) is 1.20. The third-order valence-corrected chi connectivity index (χ3v) is 3.10. The summed E-state index contributed by atoms with van der Waals surface area (Å²) in [6.07, 6.45) is 0. The minimum Gasteiger partial charge on any atom is -0.375 e. The molecule has 1 aliphatic heterocycles. The molecule has 0 radical (unpaired) electrons. The zero-order chi connectivity index (χ0) is 14.7. The van der Waals surface area contributed by atoms with Gasteiger partial charge in [0.15, 0.2) is 5.11 Å². The standard InChI is InChI=1S/C13H15N3O3S/c1-8-12(18)16(13(20)14-8)10-5-3-4-9(6-10)15-11(17)7-19-2/h3-6,8H,7H2,1-2H3,(H,14,20)(H,15,17)/t8-/m1/s1. The van der Waals surface area contributed by atoms with Crippen LogP contribution >= 0.6 is 12.2 Å². The molecule has 0 aliphatic carbocycles. The van der Waals surface area contributed by atoms with Crippen LogP contribution in [0.3, 0.4) is 0 Å². The Balaban J connectivity index is 2.20. The number of hydrogen-bond donors (Lipinski definition) is 2. The Bertz CT molecular complexity index is 562. The van der Waals surface area contributed by atoms with Crippen molar-refractivity contribution in [1.29, 1.82) is 0 Å². The topological polar surface area (TPSA) is 70.7 Å². The highest BCUT2D eigenvalue weighted by molar-refractivity contribution is 7.80. The molecule has 1 aromatic rings. The van der Waals surface area contributed by atoms with Crippen LogP contribution in [0, 0.1) is 0 Å². The summed E-state index contributed by atoms with van der Waals surface area (Å²) >= 11 is 5.14. The number of thiocarbonyl (C=S) groups is 1. The highest BCUT2D eigenvalue weighted by Crippen LogP contribution is 2.23. The second-order valence-corrected chi connectivity index (χ2v) is 4.76. The summed E-state index contributed by atoms with van der Waals surface area (Å²) < 4.78 is 4.75. The molecular formula is C13H15N3O3S. The van der Waals surface area contributed by atoms with Gasteiger partial charge in [0.2, 0.25) is 5.91 Å². The highest BCUT2D eigenvalue weighted by Gasteiger charge is 2.33. The summed E-state index contributed by atoms with van der Waals surface area (Å²) in [5, 5.41) is 5.94. The Morgan fingerprint density at radius 1 is 1.55 bits per heavy atom. The van der Waals surface area contributed by atoms with Gasteiger partial charge in [-0.1, -0.05) is 6.07 Å². The van der Waals surface area contributed by atoms with Gasteiger partial charge >= 0.3 is 0 Å². The minimum atomic E-state index is -0.339. The molecule has 0 spiro atoms. The van der Waals surface area contributed by atoms with Gasteiger partial charge in [0.25, 0.3) is 5.91 Å². The Kier molecular flexibility index (Phi) is 4.31. The van der Waals surface area contributed by atoms with Gasteiger partial charge in [0.05, 0.1) is 5.69 Å². The average Bonchev–Trinajstić information content (AvgIpc) is 2.63. The van der Waals surface area contributed by atoms with Crippen LogP contribution in [0.25, 0.3) is 0 Å². The van der Waals surface area contributed by atoms with Crippen LogP contribution in [0.15, 0.2) is 24.3 Å². The van der Waals surface area contributed by atoms with E-state index in [9.17, 15) is 9.59 Å². The molecule has 0 aromatic heterocycles. The fraction of sp³-hybridized carbons (Fsp3) is 0.308. The van der Waals surface area contributed by atoms with Crippen molar-refractivity contribution in [1.82, 2.24) is 5.32 Å². The fourth-order valence-corrected chi connectivity index (χ4v) is 2.27. The molecule has 106 valence electrons. The van der Waals surface area contributed by atoms with Crippen molar-refractivity contribution in [3.63, 3.8) is 0 Å². The van der Waals surface area contributed by atoms with Crippen LogP contribution < -0.4 is 15.5 Å². The number of amides is 2. The quantitative estimate of drug-likeness (QED) is 0.807. The van der Waals surface area contributed by atoms with Gasteiger partial charge in [0, 0.05) is 12.8 Å². The number of carbonyl (C=O) groups excluding carboxylic acids is 2. The lowest BCUT2D eigenvalue weighted by atomic mass is 10.2. The molecule has 2 amide bonds. The van der Waals surface area contributed by atoms with E-state index in [0.717, 1.165) is 0 Å². The highest BCUT2D eigenvalue weighted by atomic mass is 32.1. The first kappa shape index (κ1) is 14.4. The summed E-state index contributed by atoms with van der Waals surface area (Å²) in [4.78, 5) is 24.9. The maximum Gasteiger partial charge on any atom is 0.255 e. The van der Waals surface area contributed by atoms with Crippen molar-refractivity contribution in [2.75, 3.05) is 23.9 Å². The van der Waals surface area contributed by atoms with Crippen LogP contribution in [-0.2, 0) is 14.3 Å². The summed E-state index contributed by atoms with van der Waals surface area (Å²) in [7, 11) is 1.45. The van der Waals surface area contributed by atoms with Gasteiger partial charge in [-0.15, -0.1) is 0 Å². The normalized spacial score (nSPS) is 18.1. The van der Waals surface area contributed by atoms with E-state index in [-0.39, 0.29) is 24.5 Å². The van der Waals surface area contributed by atoms with Gasteiger partial charge in [-0.2, -0.15) is 0 Å². The lowest BCUT2D eigenvalue weighted by Crippen LogP contribution is -2.30. The lowest BCUT2D eigenvalue weighted by molar-refractivity contribution is -0.119. The van der Waals surface area contributed by atoms with E-state index < -0.39 is 0 Å². The van der Waals surface area contributed by atoms with Gasteiger partial charge in [0.1, 0.15) is 12.6 Å². The van der Waals surface area contributed by atoms with E-state index in [1.165, 1.54) is 12.0 Å². The molecule has 2 rings (SSSR count). The van der Waals surface area contributed by atoms with Crippen molar-refractivity contribution in [3.8, 4) is 0 Å². The molecule has 1 aromatic carbocycles. The molecule has 2 N–H and O–H groups in total. The second kappa shape index (κ2) is 5.98. The van der Waals surface area contributed by atoms with E-state index in [2.05, 4.69) is 10.6 Å². The Morgan fingerprint density at radius 3 is 2.90 bits per heavy atom. The fourth-order valence-electron chi connectivity index (χ4n) is 1.90. The SMILES string of the molecule is COCC(=O)Nc1cccc(N2C(=O)[C@@H](C)NC2=S)c1. The third kappa shape index (κ3) is 2.94. The number of carbonyl (C=O) groups is 2. The predicted octanol–water partition coefficient (Wildman–Crippen LogP) is 0.881. The first-order chi connectivity index (χ1) is 9.52. The van der Waals surface area contributed by atoms with Crippen LogP contribution in [0.4, 0.5) is 11.4 Å². The monoisotopic (exact) mass is 293 g/mol. The van der Waals surface area contributed by atoms with Crippen molar-refractivity contribution in [2.45, 2.75) is 13.0 Å². The molecule has 7 heteroatoms. The molecule has 1 fully saturated rings. The van der Waals surface area contributed by atoms with E-state index >= 15 is 0 Å². The third-order valence-electron chi connectivity index (χ3n) is 2.80. The van der Waals surface area contributed by atoms with Crippen molar-refractivity contribution < 1.29 is 14.3 Å². The summed E-state index contributed by atoms with van der Waals surface area (Å²) in [5.74, 6) is -0.373. The molecule has 0 bridgehead atoms. The Hall–Kier alpha value is -1.99. The van der Waals surface area contributed by atoms with Gasteiger partial charge < -0.3 is 15.4 Å². The summed E-state index contributed by atoms with van der Waals surface area (Å²) in [6.45, 7) is 1.72. The largest absolute Gasteiger partial charge is 0.375 e. The molecule has 0 saturated carbocycles. The minimum absolute atomic E-state index is 0.0239. The zero-order valence-electron chi connectivity index (χ0n) is 11.2. The maximum absolute atomic E-state index is 12.0. The molecule has 1 saturated heterocycles. The van der Waals surface area contributed by atoms with E-state index in [1.54, 1.807) is 31.2 Å². The van der Waals surface area contributed by atoms with Crippen LogP contribution in [0.2, 0.25) is 0 Å². The van der Waals surface area contributed by atoms with E-state index in [1.807, 2.05) is 0 Å². The average molecular weight is 293 g/mol. The number of anilines is 2. The van der Waals surface area contributed by atoms with Gasteiger partial charge in [-0.05, 0) is 37.3 Å². The molecule has 0 unspecified atom stereocenters. The first-order valence-corrected chi connectivity index (χ1v) is 6.47. The van der Waals surface area contributed by atoms with Crippen LogP contribution in [0.1, 0.15) is 6.92 Å². The number of ether oxygens (including phenoxy) is 1. The molecular weight excluding hydrogens is 278 g/mol. The van der Waals surface area contributed by atoms with Crippen LogP contribution in [0.5, 0.6) is 0 Å². The van der Waals surface area contributed by atoms with Crippen LogP contribution in [-0.4, -0.2) is 36.7 Å². The number of benzene rings is 1. The molecule has 1 atom stereocenters. The van der Waals surface area contributed by atoms with E-state index in [0.29, 0.717) is 16.5 Å². The van der Waals surface area contributed by atoms with Crippen molar-refractivity contribution >= 4 is 40.5 Å². The molecule has 20 heavy (non-hydrogen) atoms. The van der Waals surface area contributed by atoms with E-state index in [4.69, 9.17) is 17.0 Å². The number of nitrogens with one attached hydrogen (secondary N) is 2. The van der Waals surface area contributed by atoms with Crippen molar-refractivity contribution in [2.24, 2.45) is 0 Å². The first-order valence-electron chi connectivity index (χ1n) is 6.06. The molecule has 1 heterocycles. The van der Waals surface area contributed by atoms with Crippen molar-refractivity contribution in [3.05, 3.63) is 24.3 Å². The van der Waals surface area contributed by atoms with Gasteiger partial charge in [-0.3, -0.25) is 14.5 Å². The molecule has 1 aliphatic rings. The number of hydrogen-bond acceptors (Lipinski definition) is 4. The Morgan fingerprint density at radius 2 is 2.30 bits per heavy atom. The number of methoxy groups -OCH3 is 1. The number of nitrogens with zero attached hydrogens (tertiary/aromatic N) is 1. The molecule has 6 nitrogen and oxygen atoms in total. The lowest BCUT2D eigenvalue weighted by Gasteiger charge is -2.16. The Labute approximate surface area is 122 Å². The predicted molar refractivity (Wildman–Crippen MR) is 79.6 cm³/mol. The zero-order valence-corrected chi connectivity index (χ0v) is 12.0. The smallest absolute Gasteiger partial charge is 0.255 e. The second-order valence-electron chi connectivity index (χ2n) is 4.38. The summed E-state index contributed by atoms with van der Waals surface area (Å²) in [6, 6.07) is 6.59.